The predicted octanol–water partition coefficient (Wildman–Crippen LogP) is 2.79. The number of hydrogen-bond donors (Lipinski definition) is 1. The molecule has 0 spiro atoms. The summed E-state index contributed by atoms with van der Waals surface area (Å²) in [5.41, 5.74) is 1.14. The Balaban J connectivity index is 1.95. The lowest BCUT2D eigenvalue weighted by Gasteiger charge is -1.99. The third kappa shape index (κ3) is 2.38. The van der Waals surface area contributed by atoms with Crippen molar-refractivity contribution in [2.75, 3.05) is 5.88 Å². The Bertz CT molecular complexity index is 303. The van der Waals surface area contributed by atoms with Gasteiger partial charge in [-0.3, -0.25) is 0 Å². The normalized spacial score (nSPS) is 26.0. The second-order valence-electron chi connectivity index (χ2n) is 3.60. The van der Waals surface area contributed by atoms with E-state index >= 15 is 0 Å². The second kappa shape index (κ2) is 3.89. The van der Waals surface area contributed by atoms with Crippen LogP contribution >= 0.6 is 24.2 Å². The van der Waals surface area contributed by atoms with Crippen molar-refractivity contribution in [2.45, 2.75) is 17.9 Å². The number of halogens is 1. The minimum Gasteiger partial charge on any atom is -0.247 e. The maximum Gasteiger partial charge on any atom is 0.0932 e. The molecule has 2 rings (SSSR count). The van der Waals surface area contributed by atoms with Crippen LogP contribution in [0.25, 0.3) is 0 Å². The van der Waals surface area contributed by atoms with Crippen LogP contribution in [0.1, 0.15) is 12.1 Å². The summed E-state index contributed by atoms with van der Waals surface area (Å²) in [5, 5.41) is 0.806. The van der Waals surface area contributed by atoms with E-state index in [1.807, 2.05) is 12.1 Å². The van der Waals surface area contributed by atoms with Crippen molar-refractivity contribution < 1.29 is 0 Å². The monoisotopic (exact) mass is 213 g/mol. The zero-order valence-electron chi connectivity index (χ0n) is 7.28. The molecule has 0 radical (unpaired) electrons. The van der Waals surface area contributed by atoms with Crippen LogP contribution in [0.3, 0.4) is 0 Å². The molecule has 0 aromatic carbocycles. The molecule has 1 aliphatic rings. The SMILES string of the molecule is Sc1cccc(CC2CC2CCl)n1. The molecule has 0 N–H and O–H groups in total. The lowest BCUT2D eigenvalue weighted by Crippen LogP contribution is -1.94. The van der Waals surface area contributed by atoms with Crippen LogP contribution in [0.15, 0.2) is 23.2 Å². The topological polar surface area (TPSA) is 12.9 Å². The van der Waals surface area contributed by atoms with Gasteiger partial charge in [0.15, 0.2) is 0 Å². The molecule has 2 atom stereocenters. The van der Waals surface area contributed by atoms with Crippen molar-refractivity contribution in [1.29, 1.82) is 0 Å². The first-order valence-electron chi connectivity index (χ1n) is 4.50. The van der Waals surface area contributed by atoms with Crippen molar-refractivity contribution in [1.82, 2.24) is 4.98 Å². The van der Waals surface area contributed by atoms with E-state index < -0.39 is 0 Å². The standard InChI is InChI=1S/C10H12ClNS/c11-6-8-4-7(8)5-9-2-1-3-10(13)12-9/h1-3,7-8H,4-6H2,(H,12,13). The quantitative estimate of drug-likeness (QED) is 0.602. The van der Waals surface area contributed by atoms with Crippen LogP contribution in [-0.2, 0) is 6.42 Å². The summed E-state index contributed by atoms with van der Waals surface area (Å²) >= 11 is 9.96. The molecule has 1 aliphatic carbocycles. The van der Waals surface area contributed by atoms with E-state index in [1.165, 1.54) is 6.42 Å². The third-order valence-electron chi connectivity index (χ3n) is 2.53. The molecular formula is C10H12ClNS. The molecule has 2 unspecified atom stereocenters. The van der Waals surface area contributed by atoms with E-state index in [1.54, 1.807) is 0 Å². The summed E-state index contributed by atoms with van der Waals surface area (Å²) in [5.74, 6) is 2.29. The molecule has 0 bridgehead atoms. The summed E-state index contributed by atoms with van der Waals surface area (Å²) in [6.07, 6.45) is 2.33. The number of alkyl halides is 1. The molecule has 3 heteroatoms. The fourth-order valence-corrected chi connectivity index (χ4v) is 2.19. The summed E-state index contributed by atoms with van der Waals surface area (Å²) in [4.78, 5) is 4.34. The molecule has 1 fully saturated rings. The Morgan fingerprint density at radius 3 is 2.92 bits per heavy atom. The van der Waals surface area contributed by atoms with Gasteiger partial charge >= 0.3 is 0 Å². The molecule has 70 valence electrons. The minimum absolute atomic E-state index is 0.729. The van der Waals surface area contributed by atoms with Gasteiger partial charge in [0, 0.05) is 11.6 Å². The summed E-state index contributed by atoms with van der Waals surface area (Å²) < 4.78 is 0. The van der Waals surface area contributed by atoms with E-state index in [2.05, 4.69) is 23.7 Å². The lowest BCUT2D eigenvalue weighted by molar-refractivity contribution is 0.728. The Hall–Kier alpha value is -0.210. The number of nitrogens with zero attached hydrogens (tertiary/aromatic N) is 1. The van der Waals surface area contributed by atoms with Crippen LogP contribution in [0.5, 0.6) is 0 Å². The molecule has 1 saturated carbocycles. The fraction of sp³-hybridized carbons (Fsp3) is 0.500. The van der Waals surface area contributed by atoms with Crippen molar-refractivity contribution in [3.8, 4) is 0 Å². The van der Waals surface area contributed by atoms with Gasteiger partial charge in [0.05, 0.1) is 5.03 Å². The first-order valence-corrected chi connectivity index (χ1v) is 5.48. The van der Waals surface area contributed by atoms with Crippen molar-refractivity contribution in [3.63, 3.8) is 0 Å². The zero-order chi connectivity index (χ0) is 9.26. The zero-order valence-corrected chi connectivity index (χ0v) is 8.93. The van der Waals surface area contributed by atoms with Crippen LogP contribution in [-0.4, -0.2) is 10.9 Å². The molecule has 0 aliphatic heterocycles. The first-order chi connectivity index (χ1) is 6.29. The van der Waals surface area contributed by atoms with Gasteiger partial charge < -0.3 is 0 Å². The Morgan fingerprint density at radius 2 is 2.31 bits per heavy atom. The molecule has 1 nitrogen and oxygen atoms in total. The van der Waals surface area contributed by atoms with Crippen LogP contribution in [0, 0.1) is 11.8 Å². The lowest BCUT2D eigenvalue weighted by atomic mass is 10.2. The molecule has 0 amide bonds. The van der Waals surface area contributed by atoms with E-state index in [4.69, 9.17) is 11.6 Å². The predicted molar refractivity (Wildman–Crippen MR) is 57.5 cm³/mol. The van der Waals surface area contributed by atoms with Crippen molar-refractivity contribution >= 4 is 24.2 Å². The highest BCUT2D eigenvalue weighted by Gasteiger charge is 2.36. The van der Waals surface area contributed by atoms with E-state index in [0.29, 0.717) is 0 Å². The second-order valence-corrected chi connectivity index (χ2v) is 4.37. The number of rotatable bonds is 3. The van der Waals surface area contributed by atoms with Gasteiger partial charge in [0.1, 0.15) is 0 Å². The van der Waals surface area contributed by atoms with Gasteiger partial charge in [-0.2, -0.15) is 0 Å². The van der Waals surface area contributed by atoms with Crippen LogP contribution in [0.4, 0.5) is 0 Å². The van der Waals surface area contributed by atoms with Crippen molar-refractivity contribution in [2.24, 2.45) is 11.8 Å². The third-order valence-corrected chi connectivity index (χ3v) is 3.18. The largest absolute Gasteiger partial charge is 0.247 e. The van der Waals surface area contributed by atoms with Crippen LogP contribution in [0.2, 0.25) is 0 Å². The fourth-order valence-electron chi connectivity index (χ4n) is 1.60. The Kier molecular flexibility index (Phi) is 2.80. The summed E-state index contributed by atoms with van der Waals surface area (Å²) in [6.45, 7) is 0. The average Bonchev–Trinajstić information content (AvgIpc) is 2.83. The smallest absolute Gasteiger partial charge is 0.0932 e. The molecule has 1 aromatic rings. The van der Waals surface area contributed by atoms with Crippen molar-refractivity contribution in [3.05, 3.63) is 23.9 Å². The van der Waals surface area contributed by atoms with Crippen LogP contribution < -0.4 is 0 Å². The molecule has 1 aromatic heterocycles. The van der Waals surface area contributed by atoms with Gasteiger partial charge in [-0.25, -0.2) is 4.98 Å². The maximum absolute atomic E-state index is 5.76. The van der Waals surface area contributed by atoms with Gasteiger partial charge in [-0.1, -0.05) is 6.07 Å². The van der Waals surface area contributed by atoms with Gasteiger partial charge in [0.25, 0.3) is 0 Å². The van der Waals surface area contributed by atoms with E-state index in [-0.39, 0.29) is 0 Å². The minimum atomic E-state index is 0.729. The number of hydrogen-bond acceptors (Lipinski definition) is 2. The Labute approximate surface area is 88.9 Å². The summed E-state index contributed by atoms with van der Waals surface area (Å²) in [7, 11) is 0. The number of thiol groups is 1. The molecular weight excluding hydrogens is 202 g/mol. The highest BCUT2D eigenvalue weighted by Crippen LogP contribution is 2.41. The molecule has 13 heavy (non-hydrogen) atoms. The molecule has 1 heterocycles. The van der Waals surface area contributed by atoms with E-state index in [0.717, 1.165) is 34.9 Å². The van der Waals surface area contributed by atoms with Gasteiger partial charge in [0.2, 0.25) is 0 Å². The average molecular weight is 214 g/mol. The van der Waals surface area contributed by atoms with Gasteiger partial charge in [-0.15, -0.1) is 24.2 Å². The number of pyridine rings is 1. The van der Waals surface area contributed by atoms with E-state index in [9.17, 15) is 0 Å². The number of aromatic nitrogens is 1. The van der Waals surface area contributed by atoms with Gasteiger partial charge in [-0.05, 0) is 36.8 Å². The summed E-state index contributed by atoms with van der Waals surface area (Å²) in [6, 6.07) is 5.96. The Morgan fingerprint density at radius 1 is 1.46 bits per heavy atom. The first kappa shape index (κ1) is 9.35. The highest BCUT2D eigenvalue weighted by atomic mass is 35.5. The maximum atomic E-state index is 5.76. The highest BCUT2D eigenvalue weighted by molar-refractivity contribution is 7.80. The molecule has 0 saturated heterocycles.